The van der Waals surface area contributed by atoms with Crippen LogP contribution in [0, 0.1) is 0 Å². The summed E-state index contributed by atoms with van der Waals surface area (Å²) in [6.45, 7) is 12.4. The van der Waals surface area contributed by atoms with Crippen molar-refractivity contribution < 1.29 is 4.74 Å². The van der Waals surface area contributed by atoms with Gasteiger partial charge in [0.1, 0.15) is 5.75 Å². The summed E-state index contributed by atoms with van der Waals surface area (Å²) in [6, 6.07) is 8.43. The highest BCUT2D eigenvalue weighted by atomic mass is 16.5. The summed E-state index contributed by atoms with van der Waals surface area (Å²) in [6.07, 6.45) is 3.31. The first-order chi connectivity index (χ1) is 10.1. The van der Waals surface area contributed by atoms with Crippen LogP contribution in [0.15, 0.2) is 24.3 Å². The van der Waals surface area contributed by atoms with Crippen LogP contribution >= 0.6 is 0 Å². The van der Waals surface area contributed by atoms with Crippen molar-refractivity contribution in [3.8, 4) is 5.75 Å². The Hall–Kier alpha value is -1.06. The molecule has 0 saturated carbocycles. The van der Waals surface area contributed by atoms with Crippen molar-refractivity contribution in [1.29, 1.82) is 0 Å². The third kappa shape index (κ3) is 5.33. The smallest absolute Gasteiger partial charge is 0.119 e. The lowest BCUT2D eigenvalue weighted by Gasteiger charge is -2.41. The first-order valence-corrected chi connectivity index (χ1v) is 8.26. The zero-order valence-electron chi connectivity index (χ0n) is 14.2. The maximum absolute atomic E-state index is 6.13. The highest BCUT2D eigenvalue weighted by Crippen LogP contribution is 2.22. The van der Waals surface area contributed by atoms with Gasteiger partial charge < -0.3 is 10.5 Å². The quantitative estimate of drug-likeness (QED) is 0.717. The van der Waals surface area contributed by atoms with Gasteiger partial charge in [0.15, 0.2) is 0 Å². The molecular weight excluding hydrogens is 260 g/mol. The summed E-state index contributed by atoms with van der Waals surface area (Å²) in [5.41, 5.74) is 7.48. The lowest BCUT2D eigenvalue weighted by atomic mass is 9.90. The van der Waals surface area contributed by atoms with E-state index in [1.165, 1.54) is 18.4 Å². The summed E-state index contributed by atoms with van der Waals surface area (Å²) in [5.74, 6) is 0.940. The monoisotopic (exact) mass is 292 g/mol. The van der Waals surface area contributed by atoms with Crippen molar-refractivity contribution in [2.75, 3.05) is 26.2 Å². The number of nitrogens with zero attached hydrogens (tertiary/aromatic N) is 1. The summed E-state index contributed by atoms with van der Waals surface area (Å²) in [4.78, 5) is 2.55. The van der Waals surface area contributed by atoms with Gasteiger partial charge in [-0.1, -0.05) is 26.0 Å². The number of nitrogens with two attached hydrogens (primary N) is 1. The first-order valence-electron chi connectivity index (χ1n) is 8.26. The summed E-state index contributed by atoms with van der Waals surface area (Å²) in [7, 11) is 0. The van der Waals surface area contributed by atoms with Gasteiger partial charge >= 0.3 is 0 Å². The molecule has 0 bridgehead atoms. The third-order valence-corrected chi connectivity index (χ3v) is 4.01. The molecule has 0 radical (unpaired) electrons. The maximum atomic E-state index is 6.13. The van der Waals surface area contributed by atoms with Gasteiger partial charge in [0.2, 0.25) is 0 Å². The minimum Gasteiger partial charge on any atom is -0.494 e. The number of ether oxygens (including phenoxy) is 1. The molecule has 0 saturated heterocycles. The number of benzene rings is 1. The Bertz CT molecular complexity index is 385. The second-order valence-electron chi connectivity index (χ2n) is 5.94. The zero-order chi connectivity index (χ0) is 15.7. The van der Waals surface area contributed by atoms with Crippen LogP contribution in [0.4, 0.5) is 0 Å². The number of rotatable bonds is 10. The minimum absolute atomic E-state index is 0.0269. The molecule has 0 amide bonds. The van der Waals surface area contributed by atoms with Gasteiger partial charge in [0, 0.05) is 12.1 Å². The second-order valence-corrected chi connectivity index (χ2v) is 5.94. The highest BCUT2D eigenvalue weighted by Gasteiger charge is 2.29. The molecule has 1 aromatic carbocycles. The average molecular weight is 292 g/mol. The fraction of sp³-hybridized carbons (Fsp3) is 0.667. The van der Waals surface area contributed by atoms with Gasteiger partial charge in [-0.25, -0.2) is 0 Å². The van der Waals surface area contributed by atoms with E-state index in [1.807, 2.05) is 6.92 Å². The Labute approximate surface area is 130 Å². The predicted octanol–water partition coefficient (Wildman–Crippen LogP) is 3.47. The van der Waals surface area contributed by atoms with Crippen LogP contribution in [0.1, 0.15) is 46.1 Å². The Morgan fingerprint density at radius 3 is 2.05 bits per heavy atom. The van der Waals surface area contributed by atoms with E-state index in [9.17, 15) is 0 Å². The Kier molecular flexibility index (Phi) is 7.76. The molecule has 0 heterocycles. The van der Waals surface area contributed by atoms with E-state index in [2.05, 4.69) is 49.9 Å². The maximum Gasteiger partial charge on any atom is 0.119 e. The molecule has 1 unspecified atom stereocenters. The van der Waals surface area contributed by atoms with Gasteiger partial charge in [-0.15, -0.1) is 0 Å². The number of hydrogen-bond acceptors (Lipinski definition) is 3. The molecule has 1 rings (SSSR count). The van der Waals surface area contributed by atoms with Crippen LogP contribution in [0.3, 0.4) is 0 Å². The predicted molar refractivity (Wildman–Crippen MR) is 90.9 cm³/mol. The van der Waals surface area contributed by atoms with Crippen LogP contribution in [0.2, 0.25) is 0 Å². The fourth-order valence-electron chi connectivity index (χ4n) is 2.81. The van der Waals surface area contributed by atoms with Crippen LogP contribution in [-0.4, -0.2) is 36.7 Å². The molecule has 3 heteroatoms. The molecule has 1 atom stereocenters. The van der Waals surface area contributed by atoms with Crippen LogP contribution in [0.5, 0.6) is 5.75 Å². The minimum atomic E-state index is 0.0269. The molecule has 1 aromatic rings. The Balaban J connectivity index is 2.82. The molecule has 0 spiro atoms. The molecule has 120 valence electrons. The molecule has 2 N–H and O–H groups in total. The van der Waals surface area contributed by atoms with E-state index < -0.39 is 0 Å². The van der Waals surface area contributed by atoms with Crippen LogP contribution in [0.25, 0.3) is 0 Å². The highest BCUT2D eigenvalue weighted by molar-refractivity contribution is 5.28. The largest absolute Gasteiger partial charge is 0.494 e. The average Bonchev–Trinajstić information content (AvgIpc) is 2.49. The second kappa shape index (κ2) is 9.06. The van der Waals surface area contributed by atoms with Gasteiger partial charge in [-0.3, -0.25) is 4.90 Å². The van der Waals surface area contributed by atoms with E-state index in [0.717, 1.165) is 25.3 Å². The molecule has 0 aliphatic rings. The van der Waals surface area contributed by atoms with Gasteiger partial charge in [0.05, 0.1) is 6.61 Å². The molecular formula is C18H32N2O. The van der Waals surface area contributed by atoms with Crippen molar-refractivity contribution in [3.63, 3.8) is 0 Å². The topological polar surface area (TPSA) is 38.5 Å². The van der Waals surface area contributed by atoms with E-state index >= 15 is 0 Å². The van der Waals surface area contributed by atoms with E-state index in [0.29, 0.717) is 13.2 Å². The van der Waals surface area contributed by atoms with Crippen LogP contribution in [-0.2, 0) is 6.42 Å². The van der Waals surface area contributed by atoms with Crippen molar-refractivity contribution >= 4 is 0 Å². The Morgan fingerprint density at radius 1 is 1.05 bits per heavy atom. The van der Waals surface area contributed by atoms with Gasteiger partial charge in [-0.05, 0) is 63.9 Å². The van der Waals surface area contributed by atoms with Gasteiger partial charge in [-0.2, -0.15) is 0 Å². The summed E-state index contributed by atoms with van der Waals surface area (Å²) < 4.78 is 5.51. The van der Waals surface area contributed by atoms with Crippen LogP contribution < -0.4 is 10.5 Å². The van der Waals surface area contributed by atoms with E-state index in [-0.39, 0.29) is 5.54 Å². The molecule has 0 aliphatic heterocycles. The summed E-state index contributed by atoms with van der Waals surface area (Å²) >= 11 is 0. The van der Waals surface area contributed by atoms with E-state index in [4.69, 9.17) is 10.5 Å². The summed E-state index contributed by atoms with van der Waals surface area (Å²) in [5, 5.41) is 0. The Morgan fingerprint density at radius 2 is 1.62 bits per heavy atom. The lowest BCUT2D eigenvalue weighted by Crippen LogP contribution is -2.53. The van der Waals surface area contributed by atoms with E-state index in [1.54, 1.807) is 0 Å². The normalized spacial score (nSPS) is 14.2. The SMILES string of the molecule is CCCN(CCC)C(C)(CN)Cc1ccc(OCC)cc1. The zero-order valence-corrected chi connectivity index (χ0v) is 14.2. The lowest BCUT2D eigenvalue weighted by molar-refractivity contribution is 0.110. The molecule has 3 nitrogen and oxygen atoms in total. The molecule has 0 aromatic heterocycles. The third-order valence-electron chi connectivity index (χ3n) is 4.01. The fourth-order valence-corrected chi connectivity index (χ4v) is 2.81. The van der Waals surface area contributed by atoms with Crippen molar-refractivity contribution in [3.05, 3.63) is 29.8 Å². The standard InChI is InChI=1S/C18H32N2O/c1-5-12-20(13-6-2)18(4,15-19)14-16-8-10-17(11-9-16)21-7-3/h8-11H,5-7,12-15,19H2,1-4H3. The van der Waals surface area contributed by atoms with Crippen molar-refractivity contribution in [1.82, 2.24) is 4.90 Å². The van der Waals surface area contributed by atoms with Crippen molar-refractivity contribution in [2.24, 2.45) is 5.73 Å². The number of hydrogen-bond donors (Lipinski definition) is 1. The molecule has 0 aliphatic carbocycles. The molecule has 0 fully saturated rings. The van der Waals surface area contributed by atoms with Gasteiger partial charge in [0.25, 0.3) is 0 Å². The first kappa shape index (κ1) is 18.0. The van der Waals surface area contributed by atoms with Crippen molar-refractivity contribution in [2.45, 2.75) is 52.5 Å². The molecule has 21 heavy (non-hydrogen) atoms.